The van der Waals surface area contributed by atoms with E-state index >= 15 is 0 Å². The summed E-state index contributed by atoms with van der Waals surface area (Å²) in [6, 6.07) is 4.69. The zero-order chi connectivity index (χ0) is 19.2. The Labute approximate surface area is 144 Å². The van der Waals surface area contributed by atoms with E-state index in [1.807, 2.05) is 6.92 Å². The van der Waals surface area contributed by atoms with Gasteiger partial charge in [0.15, 0.2) is 0 Å². The molecule has 4 amide bonds. The molecule has 0 aromatic heterocycles. The number of carbonyl (C=O) groups excluding carboxylic acids is 4. The van der Waals surface area contributed by atoms with E-state index in [0.29, 0.717) is 13.0 Å². The standard InChI is InChI=1S/C14H18N4O6S/c1-3-8-16-12(20)13(21)17-9-4-6-10(7-5-9)25(23,24)18(2)14(22)11(15)19/h4-7H,3,8H2,1-2H3,(H2,15,19)(H,16,20)(H,17,21). The monoisotopic (exact) mass is 370 g/mol. The number of primary amides is 1. The molecule has 0 saturated carbocycles. The molecule has 1 aromatic rings. The molecule has 0 spiro atoms. The third-order valence-corrected chi connectivity index (χ3v) is 4.76. The third kappa shape index (κ3) is 5.01. The van der Waals surface area contributed by atoms with E-state index in [1.165, 1.54) is 12.1 Å². The van der Waals surface area contributed by atoms with Crippen molar-refractivity contribution in [2.45, 2.75) is 18.2 Å². The van der Waals surface area contributed by atoms with E-state index in [-0.39, 0.29) is 14.9 Å². The lowest BCUT2D eigenvalue weighted by atomic mass is 10.3. The molecule has 0 aliphatic heterocycles. The quantitative estimate of drug-likeness (QED) is 0.552. The van der Waals surface area contributed by atoms with Crippen LogP contribution in [0.1, 0.15) is 13.3 Å². The van der Waals surface area contributed by atoms with Gasteiger partial charge in [-0.15, -0.1) is 0 Å². The molecule has 0 aliphatic rings. The zero-order valence-corrected chi connectivity index (χ0v) is 14.4. The molecular weight excluding hydrogens is 352 g/mol. The van der Waals surface area contributed by atoms with Gasteiger partial charge in [-0.1, -0.05) is 6.92 Å². The Balaban J connectivity index is 2.89. The van der Waals surface area contributed by atoms with E-state index in [0.717, 1.165) is 19.2 Å². The van der Waals surface area contributed by atoms with Crippen LogP contribution in [0.25, 0.3) is 0 Å². The highest BCUT2D eigenvalue weighted by atomic mass is 32.2. The summed E-state index contributed by atoms with van der Waals surface area (Å²) < 4.78 is 24.6. The van der Waals surface area contributed by atoms with Gasteiger partial charge in [-0.3, -0.25) is 19.2 Å². The molecule has 1 aromatic carbocycles. The van der Waals surface area contributed by atoms with Crippen LogP contribution in [0, 0.1) is 0 Å². The SMILES string of the molecule is CCCNC(=O)C(=O)Nc1ccc(S(=O)(=O)N(C)C(=O)C(N)=O)cc1. The summed E-state index contributed by atoms with van der Waals surface area (Å²) in [6.45, 7) is 2.18. The Hall–Kier alpha value is -2.95. The number of hydrogen-bond acceptors (Lipinski definition) is 6. The number of rotatable bonds is 5. The number of hydrogen-bond donors (Lipinski definition) is 3. The number of carbonyl (C=O) groups is 4. The molecule has 0 heterocycles. The van der Waals surface area contributed by atoms with E-state index in [2.05, 4.69) is 10.6 Å². The number of benzene rings is 1. The van der Waals surface area contributed by atoms with Gasteiger partial charge < -0.3 is 16.4 Å². The number of nitrogens with one attached hydrogen (secondary N) is 2. The van der Waals surface area contributed by atoms with Crippen LogP contribution in [0.15, 0.2) is 29.2 Å². The first-order valence-corrected chi connectivity index (χ1v) is 8.57. The largest absolute Gasteiger partial charge is 0.361 e. The minimum atomic E-state index is -4.27. The fourth-order valence-corrected chi connectivity index (χ4v) is 2.74. The summed E-state index contributed by atoms with van der Waals surface area (Å²) >= 11 is 0. The molecular formula is C14H18N4O6S. The van der Waals surface area contributed by atoms with E-state index in [1.54, 1.807) is 0 Å². The first kappa shape index (κ1) is 20.1. The lowest BCUT2D eigenvalue weighted by Crippen LogP contribution is -2.41. The van der Waals surface area contributed by atoms with Gasteiger partial charge in [0.1, 0.15) is 0 Å². The summed E-state index contributed by atoms with van der Waals surface area (Å²) in [5.74, 6) is -4.51. The van der Waals surface area contributed by atoms with Crippen LogP contribution in [-0.4, -0.2) is 49.9 Å². The van der Waals surface area contributed by atoms with Crippen molar-refractivity contribution in [1.29, 1.82) is 0 Å². The highest BCUT2D eigenvalue weighted by molar-refractivity contribution is 7.89. The van der Waals surface area contributed by atoms with Crippen molar-refractivity contribution in [3.05, 3.63) is 24.3 Å². The van der Waals surface area contributed by atoms with Crippen LogP contribution in [0.3, 0.4) is 0 Å². The summed E-state index contributed by atoms with van der Waals surface area (Å²) in [6.07, 6.45) is 0.670. The molecule has 0 radical (unpaired) electrons. The molecule has 4 N–H and O–H groups in total. The fraction of sp³-hybridized carbons (Fsp3) is 0.286. The highest BCUT2D eigenvalue weighted by Crippen LogP contribution is 2.17. The van der Waals surface area contributed by atoms with Crippen LogP contribution in [-0.2, 0) is 29.2 Å². The molecule has 1 rings (SSSR count). The van der Waals surface area contributed by atoms with Crippen molar-refractivity contribution in [1.82, 2.24) is 9.62 Å². The Morgan fingerprint density at radius 3 is 2.12 bits per heavy atom. The summed E-state index contributed by atoms with van der Waals surface area (Å²) in [4.78, 5) is 45.0. The number of nitrogens with two attached hydrogens (primary N) is 1. The predicted octanol–water partition coefficient (Wildman–Crippen LogP) is -1.22. The zero-order valence-electron chi connectivity index (χ0n) is 13.6. The second-order valence-corrected chi connectivity index (χ2v) is 6.85. The first-order chi connectivity index (χ1) is 11.6. The van der Waals surface area contributed by atoms with Crippen LogP contribution in [0.4, 0.5) is 5.69 Å². The highest BCUT2D eigenvalue weighted by Gasteiger charge is 2.28. The number of likely N-dealkylation sites (N-methyl/N-ethyl adjacent to an activating group) is 1. The van der Waals surface area contributed by atoms with Gasteiger partial charge in [-0.25, -0.2) is 12.7 Å². The smallest absolute Gasteiger partial charge is 0.325 e. The molecule has 0 atom stereocenters. The van der Waals surface area contributed by atoms with Crippen molar-refractivity contribution < 1.29 is 27.6 Å². The fourth-order valence-electron chi connectivity index (χ4n) is 1.64. The van der Waals surface area contributed by atoms with E-state index in [9.17, 15) is 27.6 Å². The van der Waals surface area contributed by atoms with Crippen LogP contribution < -0.4 is 16.4 Å². The van der Waals surface area contributed by atoms with Crippen LogP contribution in [0.2, 0.25) is 0 Å². The second-order valence-electron chi connectivity index (χ2n) is 4.88. The average molecular weight is 370 g/mol. The summed E-state index contributed by atoms with van der Waals surface area (Å²) in [5.41, 5.74) is 4.95. The second kappa shape index (κ2) is 8.24. The molecule has 10 nitrogen and oxygen atoms in total. The number of amides is 4. The van der Waals surface area contributed by atoms with E-state index < -0.39 is 33.7 Å². The Morgan fingerprint density at radius 1 is 1.08 bits per heavy atom. The van der Waals surface area contributed by atoms with Gasteiger partial charge in [0.25, 0.3) is 10.0 Å². The maximum atomic E-state index is 12.2. The van der Waals surface area contributed by atoms with Gasteiger partial charge in [-0.2, -0.15) is 0 Å². The van der Waals surface area contributed by atoms with Crippen molar-refractivity contribution in [2.24, 2.45) is 5.73 Å². The molecule has 0 aliphatic carbocycles. The Bertz CT molecular complexity index is 788. The molecule has 0 saturated heterocycles. The molecule has 11 heteroatoms. The van der Waals surface area contributed by atoms with Crippen molar-refractivity contribution in [2.75, 3.05) is 18.9 Å². The number of anilines is 1. The number of nitrogens with zero attached hydrogens (tertiary/aromatic N) is 1. The van der Waals surface area contributed by atoms with Crippen LogP contribution in [0.5, 0.6) is 0 Å². The van der Waals surface area contributed by atoms with Crippen LogP contribution >= 0.6 is 0 Å². The minimum absolute atomic E-state index is 0.180. The van der Waals surface area contributed by atoms with Gasteiger partial charge >= 0.3 is 23.6 Å². The van der Waals surface area contributed by atoms with Gasteiger partial charge in [0.2, 0.25) is 0 Å². The molecule has 0 bridgehead atoms. The van der Waals surface area contributed by atoms with E-state index in [4.69, 9.17) is 5.73 Å². The molecule has 0 unspecified atom stereocenters. The van der Waals surface area contributed by atoms with Gasteiger partial charge in [0.05, 0.1) is 4.90 Å². The van der Waals surface area contributed by atoms with Gasteiger partial charge in [0, 0.05) is 19.3 Å². The summed E-state index contributed by atoms with van der Waals surface area (Å²) in [7, 11) is -3.37. The van der Waals surface area contributed by atoms with Gasteiger partial charge in [-0.05, 0) is 30.7 Å². The average Bonchev–Trinajstić information content (AvgIpc) is 2.58. The first-order valence-electron chi connectivity index (χ1n) is 7.13. The Kier molecular flexibility index (Phi) is 6.62. The maximum absolute atomic E-state index is 12.2. The predicted molar refractivity (Wildman–Crippen MR) is 87.5 cm³/mol. The van der Waals surface area contributed by atoms with Crippen molar-refractivity contribution in [3.63, 3.8) is 0 Å². The lowest BCUT2D eigenvalue weighted by molar-refractivity contribution is -0.140. The van der Waals surface area contributed by atoms with Crippen molar-refractivity contribution in [3.8, 4) is 0 Å². The third-order valence-electron chi connectivity index (χ3n) is 3.01. The summed E-state index contributed by atoms with van der Waals surface area (Å²) in [5, 5.41) is 4.69. The minimum Gasteiger partial charge on any atom is -0.361 e. The molecule has 25 heavy (non-hydrogen) atoms. The normalized spacial score (nSPS) is 10.6. The van der Waals surface area contributed by atoms with Crippen molar-refractivity contribution >= 4 is 39.3 Å². The maximum Gasteiger partial charge on any atom is 0.325 e. The Morgan fingerprint density at radius 2 is 1.64 bits per heavy atom. The topological polar surface area (TPSA) is 156 Å². The molecule has 0 fully saturated rings. The molecule has 136 valence electrons. The lowest BCUT2D eigenvalue weighted by Gasteiger charge is -2.16. The number of sulfonamides is 1.